The Bertz CT molecular complexity index is 2510. The molecule has 1 heteroatoms. The van der Waals surface area contributed by atoms with Gasteiger partial charge in [-0.3, -0.25) is 0 Å². The summed E-state index contributed by atoms with van der Waals surface area (Å²) < 4.78 is 13.6. The minimum atomic E-state index is -0.216. The predicted molar refractivity (Wildman–Crippen MR) is 200 cm³/mol. The molecule has 0 saturated heterocycles. The van der Waals surface area contributed by atoms with Crippen molar-refractivity contribution >= 4 is 53.9 Å². The summed E-state index contributed by atoms with van der Waals surface area (Å²) in [5.41, 5.74) is 8.60. The van der Waals surface area contributed by atoms with Crippen LogP contribution in [0.5, 0.6) is 0 Å². The maximum Gasteiger partial charge on any atom is 0.123 e. The zero-order valence-corrected chi connectivity index (χ0v) is 26.7. The van der Waals surface area contributed by atoms with Gasteiger partial charge in [-0.1, -0.05) is 130 Å². The topological polar surface area (TPSA) is 0 Å². The van der Waals surface area contributed by atoms with Crippen LogP contribution in [-0.4, -0.2) is 0 Å². The molecule has 0 unspecified atom stereocenters. The van der Waals surface area contributed by atoms with Gasteiger partial charge in [-0.25, -0.2) is 4.39 Å². The fraction of sp³-hybridized carbons (Fsp3) is 0.0870. The molecule has 0 aliphatic carbocycles. The summed E-state index contributed by atoms with van der Waals surface area (Å²) in [5, 5.41) is 12.5. The van der Waals surface area contributed by atoms with Gasteiger partial charge in [0.2, 0.25) is 0 Å². The standard InChI is InChI=1S/C46H33F/c1-46(2,3)36-20-16-29(17-21-36)44-38-8-4-6-10-40(38)45(41-11-7-5-9-39(41)44)35-26-32-14-12-30-24-34(28-18-22-37(47)23-19-28)25-31-13-15-33(27-35)43(32)42(30)31/h4-27H,1-3H3. The third-order valence-electron chi connectivity index (χ3n) is 9.97. The minimum Gasteiger partial charge on any atom is -0.207 e. The number of benzene rings is 9. The second kappa shape index (κ2) is 10.2. The monoisotopic (exact) mass is 604 g/mol. The van der Waals surface area contributed by atoms with Crippen molar-refractivity contribution in [1.82, 2.24) is 0 Å². The first-order chi connectivity index (χ1) is 22.8. The van der Waals surface area contributed by atoms with Crippen molar-refractivity contribution in [2.45, 2.75) is 26.2 Å². The summed E-state index contributed by atoms with van der Waals surface area (Å²) in [7, 11) is 0. The highest BCUT2D eigenvalue weighted by Gasteiger charge is 2.19. The van der Waals surface area contributed by atoms with Gasteiger partial charge in [0.15, 0.2) is 0 Å². The lowest BCUT2D eigenvalue weighted by Crippen LogP contribution is -2.10. The molecule has 0 amide bonds. The summed E-state index contributed by atoms with van der Waals surface area (Å²) in [6, 6.07) is 51.9. The molecule has 0 aromatic heterocycles. The van der Waals surface area contributed by atoms with Gasteiger partial charge in [0.1, 0.15) is 5.82 Å². The molecular formula is C46H33F. The first-order valence-corrected chi connectivity index (χ1v) is 16.4. The van der Waals surface area contributed by atoms with Crippen molar-refractivity contribution in [2.75, 3.05) is 0 Å². The Labute approximate surface area is 274 Å². The summed E-state index contributed by atoms with van der Waals surface area (Å²) in [5.74, 6) is -0.216. The van der Waals surface area contributed by atoms with Crippen molar-refractivity contribution in [3.05, 3.63) is 157 Å². The Balaban J connectivity index is 1.28. The summed E-state index contributed by atoms with van der Waals surface area (Å²) in [4.78, 5) is 0. The Kier molecular flexibility index (Phi) is 6.05. The highest BCUT2D eigenvalue weighted by molar-refractivity contribution is 6.26. The summed E-state index contributed by atoms with van der Waals surface area (Å²) in [6.07, 6.45) is 0. The second-order valence-corrected chi connectivity index (χ2v) is 13.9. The molecule has 0 saturated carbocycles. The van der Waals surface area contributed by atoms with Crippen LogP contribution in [0.1, 0.15) is 26.3 Å². The van der Waals surface area contributed by atoms with E-state index < -0.39 is 0 Å². The van der Waals surface area contributed by atoms with Crippen LogP contribution in [0, 0.1) is 5.82 Å². The van der Waals surface area contributed by atoms with Gasteiger partial charge in [0.05, 0.1) is 0 Å². The molecule has 0 N–H and O–H groups in total. The van der Waals surface area contributed by atoms with E-state index in [1.54, 1.807) is 0 Å². The molecule has 0 fully saturated rings. The van der Waals surface area contributed by atoms with E-state index in [0.29, 0.717) is 0 Å². The average molecular weight is 605 g/mol. The van der Waals surface area contributed by atoms with Crippen LogP contribution < -0.4 is 0 Å². The van der Waals surface area contributed by atoms with E-state index in [9.17, 15) is 4.39 Å². The molecule has 0 heterocycles. The minimum absolute atomic E-state index is 0.105. The van der Waals surface area contributed by atoms with Gasteiger partial charge >= 0.3 is 0 Å². The molecule has 0 atom stereocenters. The zero-order valence-electron chi connectivity index (χ0n) is 26.7. The molecule has 9 aromatic rings. The molecule has 0 spiro atoms. The Morgan fingerprint density at radius 1 is 0.383 bits per heavy atom. The van der Waals surface area contributed by atoms with Crippen LogP contribution in [0.4, 0.5) is 4.39 Å². The van der Waals surface area contributed by atoms with E-state index in [1.165, 1.54) is 93.8 Å². The van der Waals surface area contributed by atoms with Crippen molar-refractivity contribution in [1.29, 1.82) is 0 Å². The van der Waals surface area contributed by atoms with Crippen LogP contribution in [0.3, 0.4) is 0 Å². The molecule has 0 bridgehead atoms. The Hall–Kier alpha value is -5.53. The number of fused-ring (bicyclic) bond motifs is 2. The first kappa shape index (κ1) is 27.8. The maximum absolute atomic E-state index is 13.6. The van der Waals surface area contributed by atoms with Gasteiger partial charge in [-0.05, 0) is 135 Å². The smallest absolute Gasteiger partial charge is 0.123 e. The maximum atomic E-state index is 13.6. The molecule has 224 valence electrons. The van der Waals surface area contributed by atoms with Gasteiger partial charge in [-0.2, -0.15) is 0 Å². The van der Waals surface area contributed by atoms with Crippen molar-refractivity contribution < 1.29 is 4.39 Å². The molecule has 0 radical (unpaired) electrons. The van der Waals surface area contributed by atoms with E-state index in [4.69, 9.17) is 0 Å². The first-order valence-electron chi connectivity index (χ1n) is 16.4. The van der Waals surface area contributed by atoms with Crippen molar-refractivity contribution in [2.24, 2.45) is 0 Å². The lowest BCUT2D eigenvalue weighted by atomic mass is 9.83. The quantitative estimate of drug-likeness (QED) is 0.139. The van der Waals surface area contributed by atoms with Crippen LogP contribution in [0.15, 0.2) is 146 Å². The van der Waals surface area contributed by atoms with Crippen LogP contribution in [-0.2, 0) is 5.41 Å². The summed E-state index contributed by atoms with van der Waals surface area (Å²) in [6.45, 7) is 6.80. The lowest BCUT2D eigenvalue weighted by molar-refractivity contribution is 0.590. The van der Waals surface area contributed by atoms with Gasteiger partial charge < -0.3 is 0 Å². The van der Waals surface area contributed by atoms with Crippen molar-refractivity contribution in [3.63, 3.8) is 0 Å². The Morgan fingerprint density at radius 3 is 1.19 bits per heavy atom. The van der Waals surface area contributed by atoms with E-state index in [0.717, 1.165) is 11.1 Å². The molecule has 0 nitrogen and oxygen atoms in total. The zero-order chi connectivity index (χ0) is 31.9. The van der Waals surface area contributed by atoms with E-state index in [2.05, 4.69) is 142 Å². The Morgan fingerprint density at radius 2 is 0.766 bits per heavy atom. The normalized spacial score (nSPS) is 12.3. The van der Waals surface area contributed by atoms with E-state index in [-0.39, 0.29) is 11.2 Å². The third-order valence-corrected chi connectivity index (χ3v) is 9.97. The highest BCUT2D eigenvalue weighted by Crippen LogP contribution is 2.46. The van der Waals surface area contributed by atoms with Crippen LogP contribution in [0.2, 0.25) is 0 Å². The molecule has 47 heavy (non-hydrogen) atoms. The average Bonchev–Trinajstić information content (AvgIpc) is 3.09. The fourth-order valence-corrected chi connectivity index (χ4v) is 7.68. The third kappa shape index (κ3) is 4.42. The molecule has 9 rings (SSSR count). The SMILES string of the molecule is CC(C)(C)c1ccc(-c2c3ccccc3c(-c3cc4ccc5cc(-c6ccc(F)cc6)cc6ccc(c3)c4c56)c3ccccc23)cc1. The van der Waals surface area contributed by atoms with Gasteiger partial charge in [0, 0.05) is 0 Å². The van der Waals surface area contributed by atoms with E-state index >= 15 is 0 Å². The number of rotatable bonds is 3. The molecule has 9 aromatic carbocycles. The molecule has 0 aliphatic rings. The number of hydrogen-bond donors (Lipinski definition) is 0. The van der Waals surface area contributed by atoms with E-state index in [1.807, 2.05) is 12.1 Å². The molecule has 0 aliphatic heterocycles. The number of hydrogen-bond acceptors (Lipinski definition) is 0. The fourth-order valence-electron chi connectivity index (χ4n) is 7.68. The van der Waals surface area contributed by atoms with Crippen molar-refractivity contribution in [3.8, 4) is 33.4 Å². The van der Waals surface area contributed by atoms with Gasteiger partial charge in [0.25, 0.3) is 0 Å². The summed E-state index contributed by atoms with van der Waals surface area (Å²) >= 11 is 0. The number of halogens is 1. The lowest BCUT2D eigenvalue weighted by Gasteiger charge is -2.21. The largest absolute Gasteiger partial charge is 0.207 e. The second-order valence-electron chi connectivity index (χ2n) is 13.9. The van der Waals surface area contributed by atoms with Crippen LogP contribution >= 0.6 is 0 Å². The highest BCUT2D eigenvalue weighted by atomic mass is 19.1. The van der Waals surface area contributed by atoms with Crippen LogP contribution in [0.25, 0.3) is 87.2 Å². The predicted octanol–water partition coefficient (Wildman–Crippen LogP) is 13.3. The van der Waals surface area contributed by atoms with Gasteiger partial charge in [-0.15, -0.1) is 0 Å². The molecular weight excluding hydrogens is 572 g/mol.